The molecule has 0 aliphatic heterocycles. The van der Waals surface area contributed by atoms with Gasteiger partial charge in [0.2, 0.25) is 0 Å². The van der Waals surface area contributed by atoms with Gasteiger partial charge in [0, 0.05) is 0 Å². The van der Waals surface area contributed by atoms with Crippen molar-refractivity contribution in [3.8, 4) is 16.5 Å². The van der Waals surface area contributed by atoms with Crippen molar-refractivity contribution in [2.24, 2.45) is 0 Å². The van der Waals surface area contributed by atoms with E-state index in [4.69, 9.17) is 4.52 Å². The van der Waals surface area contributed by atoms with Crippen LogP contribution in [0.2, 0.25) is 0 Å². The van der Waals surface area contributed by atoms with Gasteiger partial charge in [-0.05, 0) is 17.7 Å². The number of hydrogen-bond donors (Lipinski definition) is 1. The number of thioether (sulfide) groups is 1. The average molecular weight is 228 g/mol. The molecule has 14 heavy (non-hydrogen) atoms. The highest BCUT2D eigenvalue weighted by Crippen LogP contribution is 2.33. The van der Waals surface area contributed by atoms with Gasteiger partial charge >= 0.3 is 0 Å². The minimum atomic E-state index is 0.189. The van der Waals surface area contributed by atoms with Crippen molar-refractivity contribution in [2.75, 3.05) is 6.26 Å². The lowest BCUT2D eigenvalue weighted by Gasteiger charge is -1.87. The van der Waals surface area contributed by atoms with Gasteiger partial charge in [-0.15, -0.1) is 11.3 Å². The number of aromatic nitrogens is 2. The summed E-state index contributed by atoms with van der Waals surface area (Å²) < 4.78 is 5.02. The van der Waals surface area contributed by atoms with Crippen LogP contribution in [0.1, 0.15) is 5.82 Å². The van der Waals surface area contributed by atoms with Crippen LogP contribution in [0.25, 0.3) is 10.8 Å². The van der Waals surface area contributed by atoms with Crippen molar-refractivity contribution in [1.29, 1.82) is 0 Å². The summed E-state index contributed by atoms with van der Waals surface area (Å²) in [5.41, 5.74) is 0. The van der Waals surface area contributed by atoms with E-state index in [1.54, 1.807) is 23.2 Å². The van der Waals surface area contributed by atoms with E-state index in [9.17, 15) is 5.11 Å². The van der Waals surface area contributed by atoms with Crippen molar-refractivity contribution < 1.29 is 9.63 Å². The summed E-state index contributed by atoms with van der Waals surface area (Å²) in [4.78, 5) is 4.78. The van der Waals surface area contributed by atoms with Gasteiger partial charge in [0.15, 0.2) is 5.82 Å². The maximum absolute atomic E-state index is 9.42. The van der Waals surface area contributed by atoms with E-state index < -0.39 is 0 Å². The van der Waals surface area contributed by atoms with Crippen molar-refractivity contribution in [2.45, 2.75) is 5.75 Å². The molecule has 0 amide bonds. The molecule has 0 bridgehead atoms. The van der Waals surface area contributed by atoms with Crippen LogP contribution < -0.4 is 0 Å². The molecule has 74 valence electrons. The van der Waals surface area contributed by atoms with Crippen LogP contribution >= 0.6 is 23.1 Å². The third-order valence-corrected chi connectivity index (χ3v) is 3.02. The summed E-state index contributed by atoms with van der Waals surface area (Å²) in [6.07, 6.45) is 1.97. The maximum atomic E-state index is 9.42. The first-order valence-corrected chi connectivity index (χ1v) is 6.17. The molecule has 6 heteroatoms. The van der Waals surface area contributed by atoms with Crippen molar-refractivity contribution >= 4 is 23.1 Å². The van der Waals surface area contributed by atoms with Crippen LogP contribution in [0.15, 0.2) is 16.0 Å². The molecule has 0 aromatic carbocycles. The second-order valence-corrected chi connectivity index (χ2v) is 4.37. The van der Waals surface area contributed by atoms with E-state index in [-0.39, 0.29) is 5.75 Å². The average Bonchev–Trinajstić information content (AvgIpc) is 2.74. The quantitative estimate of drug-likeness (QED) is 0.874. The summed E-state index contributed by atoms with van der Waals surface area (Å²) >= 11 is 3.01. The van der Waals surface area contributed by atoms with Gasteiger partial charge < -0.3 is 9.63 Å². The molecule has 1 N–H and O–H groups in total. The summed E-state index contributed by atoms with van der Waals surface area (Å²) in [6, 6.07) is 1.61. The molecule has 2 aromatic rings. The minimum Gasteiger partial charge on any atom is -0.506 e. The van der Waals surface area contributed by atoms with Crippen LogP contribution in [0.3, 0.4) is 0 Å². The topological polar surface area (TPSA) is 59.2 Å². The fourth-order valence-electron chi connectivity index (χ4n) is 0.996. The van der Waals surface area contributed by atoms with Crippen LogP contribution in [0, 0.1) is 0 Å². The fraction of sp³-hybridized carbons (Fsp3) is 0.250. The highest BCUT2D eigenvalue weighted by Gasteiger charge is 2.13. The van der Waals surface area contributed by atoms with Gasteiger partial charge in [0.25, 0.3) is 5.89 Å². The molecular weight excluding hydrogens is 220 g/mol. The Bertz CT molecular complexity index is 424. The first-order chi connectivity index (χ1) is 6.81. The molecule has 0 atom stereocenters. The predicted octanol–water partition coefficient (Wildman–Crippen LogP) is 2.37. The first kappa shape index (κ1) is 9.54. The highest BCUT2D eigenvalue weighted by molar-refractivity contribution is 7.97. The number of hydrogen-bond acceptors (Lipinski definition) is 6. The Balaban J connectivity index is 2.29. The number of nitrogens with zero attached hydrogens (tertiary/aromatic N) is 2. The third kappa shape index (κ3) is 1.76. The zero-order valence-electron chi connectivity index (χ0n) is 7.43. The van der Waals surface area contributed by atoms with E-state index in [0.717, 1.165) is 5.75 Å². The molecule has 0 saturated heterocycles. The number of rotatable bonds is 3. The molecule has 0 aliphatic carbocycles. The van der Waals surface area contributed by atoms with Gasteiger partial charge in [-0.2, -0.15) is 16.7 Å². The zero-order valence-corrected chi connectivity index (χ0v) is 9.06. The largest absolute Gasteiger partial charge is 0.506 e. The summed E-state index contributed by atoms with van der Waals surface area (Å²) in [6.45, 7) is 0. The molecule has 0 fully saturated rings. The maximum Gasteiger partial charge on any atom is 0.271 e. The highest BCUT2D eigenvalue weighted by atomic mass is 32.2. The Morgan fingerprint density at radius 1 is 1.64 bits per heavy atom. The molecule has 0 radical (unpaired) electrons. The van der Waals surface area contributed by atoms with Gasteiger partial charge in [-0.25, -0.2) is 0 Å². The molecule has 2 rings (SSSR count). The molecule has 2 heterocycles. The molecule has 2 aromatic heterocycles. The molecular formula is C8H8N2O2S2. The Morgan fingerprint density at radius 3 is 3.14 bits per heavy atom. The first-order valence-electron chi connectivity index (χ1n) is 3.89. The Morgan fingerprint density at radius 2 is 2.50 bits per heavy atom. The van der Waals surface area contributed by atoms with Crippen molar-refractivity contribution in [3.63, 3.8) is 0 Å². The zero-order chi connectivity index (χ0) is 9.97. The minimum absolute atomic E-state index is 0.189. The lowest BCUT2D eigenvalue weighted by atomic mass is 10.4. The smallest absolute Gasteiger partial charge is 0.271 e. The van der Waals surface area contributed by atoms with E-state index in [1.165, 1.54) is 11.3 Å². The van der Waals surface area contributed by atoms with E-state index in [2.05, 4.69) is 10.1 Å². The summed E-state index contributed by atoms with van der Waals surface area (Å²) in [5.74, 6) is 1.95. The second-order valence-electron chi connectivity index (χ2n) is 2.58. The van der Waals surface area contributed by atoms with E-state index in [0.29, 0.717) is 16.6 Å². The molecule has 0 aliphatic rings. The molecule has 0 unspecified atom stereocenters. The number of aromatic hydroxyl groups is 1. The van der Waals surface area contributed by atoms with Crippen LogP contribution in [-0.2, 0) is 5.75 Å². The normalized spacial score (nSPS) is 10.6. The van der Waals surface area contributed by atoms with Gasteiger partial charge in [-0.1, -0.05) is 5.16 Å². The standard InChI is InChI=1S/C8H8N2O2S2/c1-13-4-6-9-8(12-10-6)7-5(11)2-3-14-7/h2-3,11H,4H2,1H3. The van der Waals surface area contributed by atoms with Gasteiger partial charge in [0.1, 0.15) is 10.6 Å². The van der Waals surface area contributed by atoms with Crippen molar-refractivity contribution in [1.82, 2.24) is 10.1 Å². The lowest BCUT2D eigenvalue weighted by Crippen LogP contribution is -1.81. The summed E-state index contributed by atoms with van der Waals surface area (Å²) in [7, 11) is 0. The van der Waals surface area contributed by atoms with Crippen LogP contribution in [-0.4, -0.2) is 21.5 Å². The Labute approximate surface area is 89.0 Å². The number of thiophene rings is 1. The fourth-order valence-corrected chi connectivity index (χ4v) is 2.08. The Kier molecular flexibility index (Phi) is 2.74. The third-order valence-electron chi connectivity index (χ3n) is 1.58. The molecule has 4 nitrogen and oxygen atoms in total. The van der Waals surface area contributed by atoms with Gasteiger partial charge in [0.05, 0.1) is 5.75 Å². The van der Waals surface area contributed by atoms with Crippen LogP contribution in [0.4, 0.5) is 0 Å². The predicted molar refractivity (Wildman–Crippen MR) is 56.5 cm³/mol. The van der Waals surface area contributed by atoms with Crippen molar-refractivity contribution in [3.05, 3.63) is 17.3 Å². The Hall–Kier alpha value is -1.01. The SMILES string of the molecule is CSCc1noc(-c2sccc2O)n1. The van der Waals surface area contributed by atoms with E-state index >= 15 is 0 Å². The monoisotopic (exact) mass is 228 g/mol. The van der Waals surface area contributed by atoms with E-state index in [1.807, 2.05) is 6.26 Å². The molecule has 0 spiro atoms. The molecule has 0 saturated carbocycles. The second kappa shape index (κ2) is 4.02. The van der Waals surface area contributed by atoms with Crippen LogP contribution in [0.5, 0.6) is 5.75 Å². The van der Waals surface area contributed by atoms with Gasteiger partial charge in [-0.3, -0.25) is 0 Å². The lowest BCUT2D eigenvalue weighted by molar-refractivity contribution is 0.421. The summed E-state index contributed by atoms with van der Waals surface area (Å²) in [5, 5.41) is 15.0.